The Morgan fingerprint density at radius 2 is 0.965 bits per heavy atom. The molecule has 0 aromatic heterocycles. The minimum atomic E-state index is -0.0875. The summed E-state index contributed by atoms with van der Waals surface area (Å²) in [5.74, 6) is 0.953. The van der Waals surface area contributed by atoms with Crippen LogP contribution in [-0.4, -0.2) is 0 Å². The standard InChI is InChI=1S/C56H47N/c1-55(2)52-17-7-6-14-50(52)51-31-30-47(36-53(51)55)57(45-26-20-40(21-27-45)39-18-24-44(25-19-39)56-34-32-38(37-56)33-35-56)46-28-22-42(23-29-46)49-16-9-13-43-12-8-15-48(54(43)49)41-10-4-3-5-11-41/h3-31,36,38H,32-35,37H2,1-2H3. The van der Waals surface area contributed by atoms with Crippen LogP contribution < -0.4 is 4.90 Å². The third-order valence-electron chi connectivity index (χ3n) is 13.9. The SMILES string of the molecule is CC1(C)c2ccccc2-c2ccc(N(c3ccc(-c4ccc(C56CCC(CC5)C6)cc4)cc3)c3ccc(-c4cccc5cccc(-c6ccccc6)c45)cc3)cc21. The second-order valence-corrected chi connectivity index (χ2v) is 17.4. The Bertz CT molecular complexity index is 2760. The highest BCUT2D eigenvalue weighted by Gasteiger charge is 2.45. The molecule has 0 heterocycles. The zero-order valence-corrected chi connectivity index (χ0v) is 32.9. The van der Waals surface area contributed by atoms with Crippen molar-refractivity contribution in [2.75, 3.05) is 4.90 Å². The maximum atomic E-state index is 2.43. The molecule has 0 unspecified atom stereocenters. The largest absolute Gasteiger partial charge is 0.310 e. The fourth-order valence-corrected chi connectivity index (χ4v) is 10.9. The third kappa shape index (κ3) is 5.59. The van der Waals surface area contributed by atoms with E-state index in [0.29, 0.717) is 5.41 Å². The summed E-state index contributed by atoms with van der Waals surface area (Å²) in [6.07, 6.45) is 6.95. The molecule has 2 fully saturated rings. The van der Waals surface area contributed by atoms with E-state index in [1.807, 2.05) is 0 Å². The zero-order chi connectivity index (χ0) is 38.1. The Balaban J connectivity index is 0.987. The highest BCUT2D eigenvalue weighted by molar-refractivity contribution is 6.06. The molecular weight excluding hydrogens is 687 g/mol. The summed E-state index contributed by atoms with van der Waals surface area (Å²) < 4.78 is 0. The minimum Gasteiger partial charge on any atom is -0.310 e. The lowest BCUT2D eigenvalue weighted by molar-refractivity contribution is 0.419. The van der Waals surface area contributed by atoms with E-state index in [1.54, 1.807) is 5.56 Å². The summed E-state index contributed by atoms with van der Waals surface area (Å²) in [4.78, 5) is 2.43. The molecule has 1 heteroatoms. The van der Waals surface area contributed by atoms with Gasteiger partial charge < -0.3 is 4.90 Å². The lowest BCUT2D eigenvalue weighted by Crippen LogP contribution is -2.19. The Labute approximate surface area is 337 Å². The molecule has 0 amide bonds. The predicted molar refractivity (Wildman–Crippen MR) is 241 cm³/mol. The molecule has 57 heavy (non-hydrogen) atoms. The van der Waals surface area contributed by atoms with E-state index in [2.05, 4.69) is 201 Å². The molecule has 0 radical (unpaired) electrons. The van der Waals surface area contributed by atoms with Gasteiger partial charge in [-0.05, 0) is 152 Å². The van der Waals surface area contributed by atoms with E-state index in [0.717, 1.165) is 17.3 Å². The molecule has 0 atom stereocenters. The molecule has 0 N–H and O–H groups in total. The summed E-state index contributed by atoms with van der Waals surface area (Å²) in [5, 5.41) is 2.54. The number of fused-ring (bicyclic) bond motifs is 6. The van der Waals surface area contributed by atoms with Crippen molar-refractivity contribution >= 4 is 27.8 Å². The molecule has 1 nitrogen and oxygen atoms in total. The van der Waals surface area contributed by atoms with E-state index in [-0.39, 0.29) is 5.41 Å². The van der Waals surface area contributed by atoms with Crippen LogP contribution in [0.2, 0.25) is 0 Å². The quantitative estimate of drug-likeness (QED) is 0.158. The first-order chi connectivity index (χ1) is 27.9. The number of anilines is 3. The van der Waals surface area contributed by atoms with Crippen LogP contribution >= 0.6 is 0 Å². The first kappa shape index (κ1) is 34.1. The van der Waals surface area contributed by atoms with E-state index in [9.17, 15) is 0 Å². The van der Waals surface area contributed by atoms with E-state index < -0.39 is 0 Å². The molecule has 2 saturated carbocycles. The zero-order valence-electron chi connectivity index (χ0n) is 32.9. The van der Waals surface area contributed by atoms with Crippen LogP contribution in [0.1, 0.15) is 62.6 Å². The Hall–Kier alpha value is -6.18. The van der Waals surface area contributed by atoms with Gasteiger partial charge in [0.25, 0.3) is 0 Å². The molecule has 8 aromatic rings. The van der Waals surface area contributed by atoms with Crippen LogP contribution in [0.4, 0.5) is 17.1 Å². The molecule has 2 bridgehead atoms. The lowest BCUT2D eigenvalue weighted by atomic mass is 9.77. The minimum absolute atomic E-state index is 0.0875. The average Bonchev–Trinajstić information content (AvgIpc) is 3.96. The summed E-state index contributed by atoms with van der Waals surface area (Å²) in [6, 6.07) is 68.1. The van der Waals surface area contributed by atoms with Crippen molar-refractivity contribution in [3.05, 3.63) is 199 Å². The van der Waals surface area contributed by atoms with Gasteiger partial charge in [-0.15, -0.1) is 0 Å². The van der Waals surface area contributed by atoms with Crippen molar-refractivity contribution in [1.82, 2.24) is 0 Å². The maximum Gasteiger partial charge on any atom is 0.0465 e. The molecule has 276 valence electrons. The monoisotopic (exact) mass is 733 g/mol. The van der Waals surface area contributed by atoms with E-state index >= 15 is 0 Å². The highest BCUT2D eigenvalue weighted by Crippen LogP contribution is 2.55. The molecule has 11 rings (SSSR count). The van der Waals surface area contributed by atoms with Gasteiger partial charge in [-0.3, -0.25) is 0 Å². The van der Waals surface area contributed by atoms with Crippen LogP contribution in [0.15, 0.2) is 182 Å². The van der Waals surface area contributed by atoms with Crippen LogP contribution in [0, 0.1) is 5.92 Å². The first-order valence-electron chi connectivity index (χ1n) is 20.9. The fourth-order valence-electron chi connectivity index (χ4n) is 10.9. The van der Waals surface area contributed by atoms with Gasteiger partial charge in [0.2, 0.25) is 0 Å². The smallest absolute Gasteiger partial charge is 0.0465 e. The Morgan fingerprint density at radius 1 is 0.439 bits per heavy atom. The maximum absolute atomic E-state index is 2.43. The van der Waals surface area contributed by atoms with Gasteiger partial charge in [0.05, 0.1) is 0 Å². The van der Waals surface area contributed by atoms with Crippen molar-refractivity contribution in [2.24, 2.45) is 5.92 Å². The number of hydrogen-bond donors (Lipinski definition) is 0. The number of rotatable bonds is 7. The fraction of sp³-hybridized carbons (Fsp3) is 0.179. The van der Waals surface area contributed by atoms with E-state index in [1.165, 1.54) is 104 Å². The summed E-state index contributed by atoms with van der Waals surface area (Å²) >= 11 is 0. The van der Waals surface area contributed by atoms with Crippen molar-refractivity contribution < 1.29 is 0 Å². The van der Waals surface area contributed by atoms with E-state index in [4.69, 9.17) is 0 Å². The molecular formula is C56H47N. The van der Waals surface area contributed by atoms with Gasteiger partial charge in [0.15, 0.2) is 0 Å². The van der Waals surface area contributed by atoms with Crippen LogP contribution in [0.5, 0.6) is 0 Å². The highest BCUT2D eigenvalue weighted by atomic mass is 15.1. The molecule has 0 aliphatic heterocycles. The van der Waals surface area contributed by atoms with Crippen molar-refractivity contribution in [1.29, 1.82) is 0 Å². The molecule has 3 aliphatic carbocycles. The molecule has 0 saturated heterocycles. The first-order valence-corrected chi connectivity index (χ1v) is 20.9. The van der Waals surface area contributed by atoms with Crippen molar-refractivity contribution in [2.45, 2.75) is 56.8 Å². The van der Waals surface area contributed by atoms with Crippen molar-refractivity contribution in [3.63, 3.8) is 0 Å². The lowest BCUT2D eigenvalue weighted by Gasteiger charge is -2.28. The summed E-state index contributed by atoms with van der Waals surface area (Å²) in [7, 11) is 0. The van der Waals surface area contributed by atoms with Gasteiger partial charge in [0.1, 0.15) is 0 Å². The van der Waals surface area contributed by atoms with Crippen LogP contribution in [-0.2, 0) is 10.8 Å². The number of nitrogens with zero attached hydrogens (tertiary/aromatic N) is 1. The van der Waals surface area contributed by atoms with Gasteiger partial charge >= 0.3 is 0 Å². The van der Waals surface area contributed by atoms with Crippen molar-refractivity contribution in [3.8, 4) is 44.5 Å². The van der Waals surface area contributed by atoms with Gasteiger partial charge in [0, 0.05) is 22.5 Å². The number of hydrogen-bond acceptors (Lipinski definition) is 1. The predicted octanol–water partition coefficient (Wildman–Crippen LogP) is 15.4. The van der Waals surface area contributed by atoms with Crippen LogP contribution in [0.3, 0.4) is 0 Å². The number of benzene rings is 8. The summed E-state index contributed by atoms with van der Waals surface area (Å²) in [5.41, 5.74) is 18.3. The third-order valence-corrected chi connectivity index (χ3v) is 13.9. The Kier molecular flexibility index (Phi) is 7.90. The van der Waals surface area contributed by atoms with Gasteiger partial charge in [-0.25, -0.2) is 0 Å². The topological polar surface area (TPSA) is 3.24 Å². The second kappa shape index (κ2) is 13.2. The normalized spacial score (nSPS) is 18.7. The van der Waals surface area contributed by atoms with Gasteiger partial charge in [-0.1, -0.05) is 159 Å². The summed E-state index contributed by atoms with van der Waals surface area (Å²) in [6.45, 7) is 4.73. The molecule has 3 aliphatic rings. The molecule has 0 spiro atoms. The van der Waals surface area contributed by atoms with Crippen LogP contribution in [0.25, 0.3) is 55.3 Å². The van der Waals surface area contributed by atoms with Gasteiger partial charge in [-0.2, -0.15) is 0 Å². The second-order valence-electron chi connectivity index (χ2n) is 17.4. The molecule has 8 aromatic carbocycles. The average molecular weight is 734 g/mol. The Morgan fingerprint density at radius 3 is 1.60 bits per heavy atom.